The maximum atomic E-state index is 12.9. The summed E-state index contributed by atoms with van der Waals surface area (Å²) in [5.74, 6) is 0.903. The van der Waals surface area contributed by atoms with Gasteiger partial charge in [0.25, 0.3) is 5.82 Å². The van der Waals surface area contributed by atoms with Crippen LogP contribution >= 0.6 is 0 Å². The van der Waals surface area contributed by atoms with E-state index in [9.17, 15) is 9.90 Å². The van der Waals surface area contributed by atoms with Gasteiger partial charge in [-0.25, -0.2) is 14.3 Å². The van der Waals surface area contributed by atoms with Crippen LogP contribution in [-0.2, 0) is 13.6 Å². The number of phenolic OH excluding ortho intramolecular Hbond substituents is 1. The van der Waals surface area contributed by atoms with Gasteiger partial charge >= 0.3 is 5.63 Å². The third kappa shape index (κ3) is 3.09. The summed E-state index contributed by atoms with van der Waals surface area (Å²) >= 11 is 0. The van der Waals surface area contributed by atoms with Gasteiger partial charge in [-0.05, 0) is 49.6 Å². The summed E-state index contributed by atoms with van der Waals surface area (Å²) in [6.07, 6.45) is 3.67. The maximum Gasteiger partial charge on any atom is 0.352 e. The normalized spacial score (nSPS) is 15.3. The number of phenols is 1. The predicted octanol–water partition coefficient (Wildman–Crippen LogP) is 2.04. The van der Waals surface area contributed by atoms with E-state index < -0.39 is 5.63 Å². The van der Waals surface area contributed by atoms with Crippen LogP contribution in [0.3, 0.4) is 0 Å². The molecule has 1 fully saturated rings. The third-order valence-electron chi connectivity index (χ3n) is 6.08. The Hall–Kier alpha value is -3.12. The molecule has 0 unspecified atom stereocenters. The number of para-hydroxylation sites is 2. The Labute approximate surface area is 168 Å². The van der Waals surface area contributed by atoms with E-state index in [1.54, 1.807) is 6.07 Å². The number of imidazole rings is 1. The van der Waals surface area contributed by atoms with Gasteiger partial charge in [-0.3, -0.25) is 0 Å². The molecule has 5 rings (SSSR count). The number of nitrogens with zero attached hydrogens (tertiary/aromatic N) is 1. The first kappa shape index (κ1) is 17.9. The number of rotatable bonds is 3. The molecule has 3 heterocycles. The molecule has 1 saturated heterocycles. The van der Waals surface area contributed by atoms with Crippen LogP contribution in [0.1, 0.15) is 24.8 Å². The second-order valence-corrected chi connectivity index (χ2v) is 7.97. The Balaban J connectivity index is 1.64. The van der Waals surface area contributed by atoms with Crippen LogP contribution in [0, 0.1) is 0 Å². The van der Waals surface area contributed by atoms with Gasteiger partial charge in [0.05, 0.1) is 25.7 Å². The van der Waals surface area contributed by atoms with E-state index in [1.807, 2.05) is 48.0 Å². The van der Waals surface area contributed by atoms with Crippen molar-refractivity contribution in [3.05, 3.63) is 58.4 Å². The summed E-state index contributed by atoms with van der Waals surface area (Å²) in [4.78, 5) is 17.7. The van der Waals surface area contributed by atoms with Crippen LogP contribution < -0.4 is 15.1 Å². The van der Waals surface area contributed by atoms with Gasteiger partial charge in [0.1, 0.15) is 12.3 Å². The second-order valence-electron chi connectivity index (χ2n) is 7.97. The van der Waals surface area contributed by atoms with Gasteiger partial charge in [-0.1, -0.05) is 12.1 Å². The van der Waals surface area contributed by atoms with Crippen molar-refractivity contribution in [2.45, 2.75) is 25.8 Å². The zero-order valence-electron chi connectivity index (χ0n) is 16.5. The third-order valence-corrected chi connectivity index (χ3v) is 6.08. The van der Waals surface area contributed by atoms with Crippen LogP contribution in [0.4, 0.5) is 0 Å². The quantitative estimate of drug-likeness (QED) is 0.370. The number of aromatic hydroxyl groups is 1. The van der Waals surface area contributed by atoms with Gasteiger partial charge < -0.3 is 14.4 Å². The van der Waals surface area contributed by atoms with Crippen molar-refractivity contribution < 1.29 is 19.0 Å². The number of H-pyrrole nitrogens is 1. The minimum absolute atomic E-state index is 0.197. The van der Waals surface area contributed by atoms with Gasteiger partial charge in [0.15, 0.2) is 22.2 Å². The maximum absolute atomic E-state index is 12.9. The number of piperidine rings is 1. The number of benzene rings is 2. The van der Waals surface area contributed by atoms with Crippen LogP contribution in [-0.4, -0.2) is 23.2 Å². The SMILES string of the molecule is C[n+]1c(-c2cc3ccc(O)c(C[NH+]4CCCCC4)c3oc2=O)[nH]c2ccccc21. The number of quaternary nitrogens is 1. The number of hydrogen-bond acceptors (Lipinski definition) is 3. The average molecular weight is 391 g/mol. The number of fused-ring (bicyclic) bond motifs is 2. The lowest BCUT2D eigenvalue weighted by atomic mass is 10.1. The molecule has 0 spiro atoms. The molecule has 148 valence electrons. The van der Waals surface area contributed by atoms with E-state index in [0.717, 1.165) is 35.1 Å². The molecule has 3 N–H and O–H groups in total. The van der Waals surface area contributed by atoms with Gasteiger partial charge in [0, 0.05) is 5.39 Å². The van der Waals surface area contributed by atoms with Gasteiger partial charge in [0.2, 0.25) is 0 Å². The molecule has 0 atom stereocenters. The van der Waals surface area contributed by atoms with Crippen molar-refractivity contribution in [2.75, 3.05) is 13.1 Å². The topological polar surface area (TPSA) is 74.5 Å². The van der Waals surface area contributed by atoms with E-state index in [2.05, 4.69) is 4.98 Å². The molecule has 0 aliphatic carbocycles. The molecule has 2 aromatic heterocycles. The lowest BCUT2D eigenvalue weighted by molar-refractivity contribution is -0.918. The van der Waals surface area contributed by atoms with E-state index in [0.29, 0.717) is 23.5 Å². The summed E-state index contributed by atoms with van der Waals surface area (Å²) in [5.41, 5.74) is 3.28. The molecule has 6 heteroatoms. The lowest BCUT2D eigenvalue weighted by Gasteiger charge is -2.24. The number of aryl methyl sites for hydroxylation is 1. The lowest BCUT2D eigenvalue weighted by Crippen LogP contribution is -3.11. The minimum Gasteiger partial charge on any atom is -0.507 e. The van der Waals surface area contributed by atoms with E-state index in [1.165, 1.54) is 24.2 Å². The van der Waals surface area contributed by atoms with Crippen molar-refractivity contribution in [3.8, 4) is 17.1 Å². The standard InChI is InChI=1S/C23H23N3O3/c1-25-19-8-4-3-7-18(19)24-22(25)16-13-15-9-10-20(27)17(21(15)29-23(16)28)14-26-11-5-2-6-12-26/h3-4,7-10,13H,2,5-6,11-12,14H2,1H3,(H,24,27,28)/p+2. The molecule has 4 aromatic rings. The highest BCUT2D eigenvalue weighted by Gasteiger charge is 2.24. The molecule has 6 nitrogen and oxygen atoms in total. The number of hydrogen-bond donors (Lipinski definition) is 3. The fourth-order valence-electron chi connectivity index (χ4n) is 4.50. The molecule has 29 heavy (non-hydrogen) atoms. The van der Waals surface area contributed by atoms with Crippen LogP contribution in [0.25, 0.3) is 33.4 Å². The summed E-state index contributed by atoms with van der Waals surface area (Å²) in [6, 6.07) is 13.3. The summed E-state index contributed by atoms with van der Waals surface area (Å²) in [7, 11) is 1.93. The van der Waals surface area contributed by atoms with E-state index >= 15 is 0 Å². The predicted molar refractivity (Wildman–Crippen MR) is 111 cm³/mol. The Morgan fingerprint density at radius 1 is 1.14 bits per heavy atom. The zero-order valence-corrected chi connectivity index (χ0v) is 16.5. The fourth-order valence-corrected chi connectivity index (χ4v) is 4.50. The largest absolute Gasteiger partial charge is 0.507 e. The van der Waals surface area contributed by atoms with Gasteiger partial charge in [-0.2, -0.15) is 0 Å². The minimum atomic E-state index is -0.403. The Bertz CT molecular complexity index is 1270. The molecule has 1 aliphatic heterocycles. The highest BCUT2D eigenvalue weighted by atomic mass is 16.4. The van der Waals surface area contributed by atoms with Gasteiger partial charge in [-0.15, -0.1) is 0 Å². The van der Waals surface area contributed by atoms with E-state index in [4.69, 9.17) is 4.42 Å². The highest BCUT2D eigenvalue weighted by Crippen LogP contribution is 2.28. The molecule has 1 aliphatic rings. The Morgan fingerprint density at radius 3 is 2.72 bits per heavy atom. The fraction of sp³-hybridized carbons (Fsp3) is 0.304. The van der Waals surface area contributed by atoms with E-state index in [-0.39, 0.29) is 5.75 Å². The molecular weight excluding hydrogens is 366 g/mol. The first-order chi connectivity index (χ1) is 14.1. The highest BCUT2D eigenvalue weighted by molar-refractivity contribution is 5.85. The molecule has 0 amide bonds. The average Bonchev–Trinajstić information content (AvgIpc) is 3.07. The molecule has 2 aromatic carbocycles. The summed E-state index contributed by atoms with van der Waals surface area (Å²) in [6.45, 7) is 2.84. The first-order valence-corrected chi connectivity index (χ1v) is 10.2. The molecule has 0 radical (unpaired) electrons. The molecular formula is C23H25N3O3+2. The number of nitrogens with one attached hydrogen (secondary N) is 2. The van der Waals surface area contributed by atoms with Crippen molar-refractivity contribution in [3.63, 3.8) is 0 Å². The van der Waals surface area contributed by atoms with Crippen LogP contribution in [0.15, 0.2) is 51.7 Å². The second kappa shape index (κ2) is 7.04. The van der Waals surface area contributed by atoms with Crippen molar-refractivity contribution in [1.29, 1.82) is 0 Å². The molecule has 0 saturated carbocycles. The van der Waals surface area contributed by atoms with Crippen LogP contribution in [0.2, 0.25) is 0 Å². The molecule has 0 bridgehead atoms. The monoisotopic (exact) mass is 391 g/mol. The first-order valence-electron chi connectivity index (χ1n) is 10.2. The number of aromatic nitrogens is 2. The Kier molecular flexibility index (Phi) is 4.36. The van der Waals surface area contributed by atoms with Crippen molar-refractivity contribution in [1.82, 2.24) is 4.98 Å². The van der Waals surface area contributed by atoms with Crippen molar-refractivity contribution in [2.24, 2.45) is 7.05 Å². The summed E-state index contributed by atoms with van der Waals surface area (Å²) in [5, 5.41) is 11.3. The number of aromatic amines is 1. The van der Waals surface area contributed by atoms with Crippen LogP contribution in [0.5, 0.6) is 5.75 Å². The Morgan fingerprint density at radius 2 is 1.93 bits per heavy atom. The van der Waals surface area contributed by atoms with Crippen molar-refractivity contribution >= 4 is 22.0 Å². The zero-order chi connectivity index (χ0) is 20.0. The summed E-state index contributed by atoms with van der Waals surface area (Å²) < 4.78 is 7.75. The smallest absolute Gasteiger partial charge is 0.352 e. The number of likely N-dealkylation sites (tertiary alicyclic amines) is 1.